The Labute approximate surface area is 123 Å². The Balaban J connectivity index is 2.19. The largest absolute Gasteiger partial charge is 0.487 e. The highest BCUT2D eigenvalue weighted by Crippen LogP contribution is 2.36. The summed E-state index contributed by atoms with van der Waals surface area (Å²) >= 11 is 1.94. The number of hydrogen-bond acceptors (Lipinski definition) is 5. The predicted octanol–water partition coefficient (Wildman–Crippen LogP) is 3.69. The summed E-state index contributed by atoms with van der Waals surface area (Å²) in [4.78, 5) is 11.0. The highest BCUT2D eigenvalue weighted by molar-refractivity contribution is 7.99. The summed E-state index contributed by atoms with van der Waals surface area (Å²) in [6, 6.07) is 5.54. The summed E-state index contributed by atoms with van der Waals surface area (Å²) in [6.07, 6.45) is 2.92. The number of nitrogens with zero attached hydrogens (tertiary/aromatic N) is 1. The second-order valence-electron chi connectivity index (χ2n) is 4.79. The van der Waals surface area contributed by atoms with Crippen molar-refractivity contribution < 1.29 is 9.66 Å². The minimum Gasteiger partial charge on any atom is -0.487 e. The lowest BCUT2D eigenvalue weighted by Gasteiger charge is -2.23. The number of thioether (sulfide) groups is 1. The van der Waals surface area contributed by atoms with E-state index in [-0.39, 0.29) is 10.6 Å². The van der Waals surface area contributed by atoms with Crippen molar-refractivity contribution in [2.75, 3.05) is 23.4 Å². The summed E-state index contributed by atoms with van der Waals surface area (Å²) in [5, 5.41) is 14.6. The SMILES string of the molecule is CCCOc1cccc(NC2CCSCC2)c1[N+](=O)[O-]. The van der Waals surface area contributed by atoms with Gasteiger partial charge in [0.1, 0.15) is 5.69 Å². The molecular weight excluding hydrogens is 276 g/mol. The molecule has 6 heteroatoms. The topological polar surface area (TPSA) is 64.4 Å². The van der Waals surface area contributed by atoms with Gasteiger partial charge in [-0.05, 0) is 42.9 Å². The quantitative estimate of drug-likeness (QED) is 0.640. The van der Waals surface area contributed by atoms with Crippen LogP contribution in [0.15, 0.2) is 18.2 Å². The van der Waals surface area contributed by atoms with Crippen molar-refractivity contribution in [2.24, 2.45) is 0 Å². The van der Waals surface area contributed by atoms with Crippen LogP contribution in [-0.2, 0) is 0 Å². The summed E-state index contributed by atoms with van der Waals surface area (Å²) in [7, 11) is 0. The predicted molar refractivity (Wildman–Crippen MR) is 82.9 cm³/mol. The zero-order valence-electron chi connectivity index (χ0n) is 11.6. The first-order chi connectivity index (χ1) is 9.72. The first kappa shape index (κ1) is 15.0. The van der Waals surface area contributed by atoms with Crippen LogP contribution in [0.2, 0.25) is 0 Å². The molecule has 1 heterocycles. The lowest BCUT2D eigenvalue weighted by atomic mass is 10.1. The molecule has 0 spiro atoms. The third-order valence-corrected chi connectivity index (χ3v) is 4.27. The van der Waals surface area contributed by atoms with E-state index in [0.29, 0.717) is 24.1 Å². The number of benzene rings is 1. The van der Waals surface area contributed by atoms with Crippen LogP contribution in [0.3, 0.4) is 0 Å². The molecule has 20 heavy (non-hydrogen) atoms. The number of ether oxygens (including phenoxy) is 1. The summed E-state index contributed by atoms with van der Waals surface area (Å²) < 4.78 is 5.49. The van der Waals surface area contributed by atoms with E-state index in [2.05, 4.69) is 5.32 Å². The van der Waals surface area contributed by atoms with Crippen molar-refractivity contribution in [3.05, 3.63) is 28.3 Å². The fourth-order valence-corrected chi connectivity index (χ4v) is 3.32. The third kappa shape index (κ3) is 3.79. The molecule has 0 unspecified atom stereocenters. The average molecular weight is 296 g/mol. The molecule has 0 amide bonds. The molecule has 2 rings (SSSR count). The molecule has 1 aliphatic heterocycles. The van der Waals surface area contributed by atoms with E-state index in [1.807, 2.05) is 18.7 Å². The van der Waals surface area contributed by atoms with Gasteiger partial charge in [-0.2, -0.15) is 11.8 Å². The number of anilines is 1. The number of para-hydroxylation sites is 1. The molecule has 1 N–H and O–H groups in total. The number of nitro groups is 1. The van der Waals surface area contributed by atoms with Gasteiger partial charge in [0, 0.05) is 6.04 Å². The van der Waals surface area contributed by atoms with Crippen molar-refractivity contribution in [2.45, 2.75) is 32.2 Å². The molecule has 0 aliphatic carbocycles. The zero-order chi connectivity index (χ0) is 14.4. The maximum Gasteiger partial charge on any atom is 0.333 e. The van der Waals surface area contributed by atoms with Gasteiger partial charge in [0.25, 0.3) is 0 Å². The third-order valence-electron chi connectivity index (χ3n) is 3.22. The van der Waals surface area contributed by atoms with Gasteiger partial charge in [0.05, 0.1) is 11.5 Å². The number of nitro benzene ring substituents is 1. The van der Waals surface area contributed by atoms with Crippen LogP contribution in [0.25, 0.3) is 0 Å². The molecule has 1 saturated heterocycles. The van der Waals surface area contributed by atoms with Gasteiger partial charge in [-0.25, -0.2) is 0 Å². The standard InChI is InChI=1S/C14H20N2O3S/c1-2-8-19-13-5-3-4-12(14(13)16(17)18)15-11-6-9-20-10-7-11/h3-5,11,15H,2,6-10H2,1H3. The van der Waals surface area contributed by atoms with E-state index < -0.39 is 0 Å². The van der Waals surface area contributed by atoms with Crippen LogP contribution >= 0.6 is 11.8 Å². The highest BCUT2D eigenvalue weighted by atomic mass is 32.2. The Morgan fingerprint density at radius 3 is 2.85 bits per heavy atom. The summed E-state index contributed by atoms with van der Waals surface area (Å²) in [5.74, 6) is 2.57. The smallest absolute Gasteiger partial charge is 0.333 e. The molecule has 0 bridgehead atoms. The van der Waals surface area contributed by atoms with E-state index in [0.717, 1.165) is 30.8 Å². The highest BCUT2D eigenvalue weighted by Gasteiger charge is 2.23. The van der Waals surface area contributed by atoms with E-state index in [9.17, 15) is 10.1 Å². The Bertz CT molecular complexity index is 462. The van der Waals surface area contributed by atoms with Crippen LogP contribution in [0.1, 0.15) is 26.2 Å². The van der Waals surface area contributed by atoms with Crippen LogP contribution in [-0.4, -0.2) is 29.1 Å². The van der Waals surface area contributed by atoms with Crippen molar-refractivity contribution in [1.29, 1.82) is 0 Å². The van der Waals surface area contributed by atoms with Gasteiger partial charge in [-0.15, -0.1) is 0 Å². The molecular formula is C14H20N2O3S. The lowest BCUT2D eigenvalue weighted by molar-refractivity contribution is -0.385. The first-order valence-electron chi connectivity index (χ1n) is 6.97. The molecule has 110 valence electrons. The molecule has 0 saturated carbocycles. The minimum atomic E-state index is -0.356. The fourth-order valence-electron chi connectivity index (χ4n) is 2.22. The first-order valence-corrected chi connectivity index (χ1v) is 8.12. The van der Waals surface area contributed by atoms with Gasteiger partial charge >= 0.3 is 5.69 Å². The number of nitrogens with one attached hydrogen (secondary N) is 1. The van der Waals surface area contributed by atoms with Crippen LogP contribution in [0.4, 0.5) is 11.4 Å². The van der Waals surface area contributed by atoms with E-state index in [1.54, 1.807) is 18.2 Å². The van der Waals surface area contributed by atoms with Crippen molar-refractivity contribution in [1.82, 2.24) is 0 Å². The van der Waals surface area contributed by atoms with E-state index >= 15 is 0 Å². The molecule has 1 aromatic rings. The maximum absolute atomic E-state index is 11.3. The molecule has 1 fully saturated rings. The van der Waals surface area contributed by atoms with Gasteiger partial charge in [-0.1, -0.05) is 13.0 Å². The van der Waals surface area contributed by atoms with Crippen LogP contribution in [0.5, 0.6) is 5.75 Å². The second kappa shape index (κ2) is 7.38. The van der Waals surface area contributed by atoms with Crippen molar-refractivity contribution in [3.63, 3.8) is 0 Å². The van der Waals surface area contributed by atoms with Gasteiger partial charge < -0.3 is 10.1 Å². The number of rotatable bonds is 6. The number of hydrogen-bond donors (Lipinski definition) is 1. The van der Waals surface area contributed by atoms with Crippen molar-refractivity contribution >= 4 is 23.1 Å². The van der Waals surface area contributed by atoms with Crippen LogP contribution < -0.4 is 10.1 Å². The summed E-state index contributed by atoms with van der Waals surface area (Å²) in [6.45, 7) is 2.47. The molecule has 0 aromatic heterocycles. The van der Waals surface area contributed by atoms with Crippen molar-refractivity contribution in [3.8, 4) is 5.75 Å². The van der Waals surface area contributed by atoms with E-state index in [4.69, 9.17) is 4.74 Å². The second-order valence-corrected chi connectivity index (χ2v) is 6.01. The Morgan fingerprint density at radius 2 is 2.20 bits per heavy atom. The zero-order valence-corrected chi connectivity index (χ0v) is 12.4. The summed E-state index contributed by atoms with van der Waals surface area (Å²) in [5.41, 5.74) is 0.625. The molecule has 5 nitrogen and oxygen atoms in total. The van der Waals surface area contributed by atoms with E-state index in [1.165, 1.54) is 0 Å². The minimum absolute atomic E-state index is 0.0548. The molecule has 1 aliphatic rings. The Morgan fingerprint density at radius 1 is 1.45 bits per heavy atom. The fraction of sp³-hybridized carbons (Fsp3) is 0.571. The van der Waals surface area contributed by atoms with Gasteiger partial charge in [0.15, 0.2) is 5.75 Å². The average Bonchev–Trinajstić information content (AvgIpc) is 2.46. The van der Waals surface area contributed by atoms with Crippen LogP contribution in [0, 0.1) is 10.1 Å². The van der Waals surface area contributed by atoms with Gasteiger partial charge in [0.2, 0.25) is 0 Å². The molecule has 1 aromatic carbocycles. The molecule has 0 radical (unpaired) electrons. The Hall–Kier alpha value is -1.43. The lowest BCUT2D eigenvalue weighted by Crippen LogP contribution is -2.24. The Kier molecular flexibility index (Phi) is 5.52. The van der Waals surface area contributed by atoms with Gasteiger partial charge in [-0.3, -0.25) is 10.1 Å². The monoisotopic (exact) mass is 296 g/mol. The molecule has 0 atom stereocenters. The maximum atomic E-state index is 11.3. The normalized spacial score (nSPS) is 15.8.